The maximum absolute atomic E-state index is 11.8. The van der Waals surface area contributed by atoms with Gasteiger partial charge in [0.15, 0.2) is 0 Å². The Morgan fingerprint density at radius 2 is 2.14 bits per heavy atom. The largest absolute Gasteiger partial charge is 0.345 e. The highest BCUT2D eigenvalue weighted by Crippen LogP contribution is 2.26. The van der Waals surface area contributed by atoms with E-state index in [-0.39, 0.29) is 5.41 Å². The molecule has 1 rings (SSSR count). The average molecular weight is 217 g/mol. The topological polar surface area (TPSA) is 61.7 Å². The standard InChI is InChI=1S/C8H17N4OS/c1-8(2,3)6-10-5-11(14-4)7(9)12(6)13/h5-7H,9H2,1-4H3/q+1. The molecule has 1 aliphatic heterocycles. The molecule has 0 saturated heterocycles. The number of nitrogens with zero attached hydrogens (tertiary/aromatic N) is 3. The summed E-state index contributed by atoms with van der Waals surface area (Å²) in [6, 6.07) is 0. The van der Waals surface area contributed by atoms with Gasteiger partial charge in [-0.2, -0.15) is 0 Å². The fraction of sp³-hybridized carbons (Fsp3) is 0.875. The van der Waals surface area contributed by atoms with E-state index in [1.165, 1.54) is 11.9 Å². The minimum Gasteiger partial charge on any atom is -0.249 e. The predicted molar refractivity (Wildman–Crippen MR) is 58.7 cm³/mol. The number of nitroso groups, excluding NO2 is 1. The molecule has 2 atom stereocenters. The Labute approximate surface area is 88.4 Å². The maximum Gasteiger partial charge on any atom is 0.345 e. The van der Waals surface area contributed by atoms with Crippen LogP contribution in [0.1, 0.15) is 20.8 Å². The summed E-state index contributed by atoms with van der Waals surface area (Å²) in [5.74, 6) is 0. The van der Waals surface area contributed by atoms with Crippen molar-refractivity contribution in [3.63, 3.8) is 0 Å². The second kappa shape index (κ2) is 3.86. The zero-order valence-electron chi connectivity index (χ0n) is 8.97. The van der Waals surface area contributed by atoms with Gasteiger partial charge in [-0.25, -0.2) is 15.0 Å². The minimum absolute atomic E-state index is 0.194. The van der Waals surface area contributed by atoms with Crippen molar-refractivity contribution in [2.45, 2.75) is 33.2 Å². The molecule has 1 heterocycles. The molecule has 6 heteroatoms. The van der Waals surface area contributed by atoms with E-state index in [4.69, 9.17) is 5.73 Å². The van der Waals surface area contributed by atoms with Crippen molar-refractivity contribution in [3.8, 4) is 0 Å². The van der Waals surface area contributed by atoms with E-state index in [1.807, 2.05) is 27.0 Å². The van der Waals surface area contributed by atoms with Crippen LogP contribution in [0.2, 0.25) is 0 Å². The van der Waals surface area contributed by atoms with Crippen LogP contribution < -0.4 is 5.73 Å². The van der Waals surface area contributed by atoms with E-state index in [0.717, 1.165) is 4.76 Å². The van der Waals surface area contributed by atoms with Gasteiger partial charge in [0.1, 0.15) is 6.34 Å². The van der Waals surface area contributed by atoms with Crippen LogP contribution in [0, 0.1) is 10.3 Å². The van der Waals surface area contributed by atoms with Gasteiger partial charge in [0, 0.05) is 11.2 Å². The van der Waals surface area contributed by atoms with Gasteiger partial charge >= 0.3 is 12.5 Å². The second-order valence-corrected chi connectivity index (χ2v) is 5.11. The smallest absolute Gasteiger partial charge is 0.249 e. The van der Waals surface area contributed by atoms with E-state index in [1.54, 1.807) is 10.6 Å². The van der Waals surface area contributed by atoms with Gasteiger partial charge in [-0.15, -0.1) is 0 Å². The lowest BCUT2D eigenvalue weighted by molar-refractivity contribution is -0.646. The summed E-state index contributed by atoms with van der Waals surface area (Å²) in [4.78, 5) is 16.0. The Bertz CT molecular complexity index is 261. The van der Waals surface area contributed by atoms with Crippen molar-refractivity contribution in [1.29, 1.82) is 0 Å². The molecule has 0 radical (unpaired) electrons. The fourth-order valence-electron chi connectivity index (χ4n) is 1.28. The molecular formula is C8H17N4OS+. The summed E-state index contributed by atoms with van der Waals surface area (Å²) >= 11 is 1.39. The zero-order valence-corrected chi connectivity index (χ0v) is 9.78. The van der Waals surface area contributed by atoms with Gasteiger partial charge in [-0.3, -0.25) is 0 Å². The summed E-state index contributed by atoms with van der Waals surface area (Å²) in [6.07, 6.45) is 2.45. The number of hydrogen-bond acceptors (Lipinski definition) is 5. The van der Waals surface area contributed by atoms with E-state index < -0.39 is 12.5 Å². The summed E-state index contributed by atoms with van der Waals surface area (Å²) in [5, 5.41) is 0. The summed E-state index contributed by atoms with van der Waals surface area (Å²) in [5.41, 5.74) is 5.55. The average Bonchev–Trinajstić information content (AvgIpc) is 2.07. The van der Waals surface area contributed by atoms with Crippen LogP contribution in [0.5, 0.6) is 0 Å². The van der Waals surface area contributed by atoms with E-state index in [2.05, 4.69) is 4.99 Å². The fourth-order valence-corrected chi connectivity index (χ4v) is 1.74. The van der Waals surface area contributed by atoms with Crippen molar-refractivity contribution in [3.05, 3.63) is 4.91 Å². The lowest BCUT2D eigenvalue weighted by Crippen LogP contribution is -2.54. The molecular weight excluding hydrogens is 200 g/mol. The first kappa shape index (κ1) is 11.5. The van der Waals surface area contributed by atoms with E-state index in [0.29, 0.717) is 0 Å². The molecule has 0 aromatic carbocycles. The Morgan fingerprint density at radius 3 is 2.57 bits per heavy atom. The molecule has 1 aliphatic rings. The highest BCUT2D eigenvalue weighted by Gasteiger charge is 2.45. The first-order valence-corrected chi connectivity index (χ1v) is 5.63. The van der Waals surface area contributed by atoms with Gasteiger partial charge < -0.3 is 0 Å². The first-order valence-electron chi connectivity index (χ1n) is 4.44. The Hall–Kier alpha value is -0.620. The third-order valence-electron chi connectivity index (χ3n) is 2.07. The van der Waals surface area contributed by atoms with Crippen LogP contribution in [0.4, 0.5) is 0 Å². The number of nitrogens with two attached hydrogens (primary N) is 1. The summed E-state index contributed by atoms with van der Waals surface area (Å²) in [7, 11) is 0. The first-order chi connectivity index (χ1) is 6.38. The molecule has 2 unspecified atom stereocenters. The van der Waals surface area contributed by atoms with Gasteiger partial charge in [-0.1, -0.05) is 20.8 Å². The molecule has 80 valence electrons. The third kappa shape index (κ3) is 2.06. The predicted octanol–water partition coefficient (Wildman–Crippen LogP) is 1.00. The molecule has 14 heavy (non-hydrogen) atoms. The molecule has 0 saturated carbocycles. The van der Waals surface area contributed by atoms with Gasteiger partial charge in [0.05, 0.1) is 10.2 Å². The van der Waals surface area contributed by atoms with Crippen LogP contribution in [0.3, 0.4) is 0 Å². The Balaban J connectivity index is 2.90. The second-order valence-electron chi connectivity index (χ2n) is 4.32. The summed E-state index contributed by atoms with van der Waals surface area (Å²) < 4.78 is 2.48. The zero-order chi connectivity index (χ0) is 10.9. The van der Waals surface area contributed by atoms with Gasteiger partial charge in [-0.05, 0) is 11.9 Å². The quantitative estimate of drug-likeness (QED) is 0.526. The lowest BCUT2D eigenvalue weighted by Gasteiger charge is -2.28. The van der Waals surface area contributed by atoms with Crippen LogP contribution >= 0.6 is 11.9 Å². The monoisotopic (exact) mass is 217 g/mol. The van der Waals surface area contributed by atoms with E-state index >= 15 is 0 Å². The molecule has 0 amide bonds. The van der Waals surface area contributed by atoms with Gasteiger partial charge in [0.2, 0.25) is 0 Å². The van der Waals surface area contributed by atoms with Crippen LogP contribution in [0.15, 0.2) is 4.99 Å². The van der Waals surface area contributed by atoms with Crippen molar-refractivity contribution >= 4 is 18.3 Å². The van der Waals surface area contributed by atoms with Crippen molar-refractivity contribution in [2.75, 3.05) is 6.26 Å². The molecule has 0 aromatic heterocycles. The Morgan fingerprint density at radius 1 is 1.57 bits per heavy atom. The van der Waals surface area contributed by atoms with Crippen molar-refractivity contribution < 1.29 is 4.76 Å². The maximum atomic E-state index is 11.8. The summed E-state index contributed by atoms with van der Waals surface area (Å²) in [6.45, 7) is 5.92. The molecule has 0 spiro atoms. The van der Waals surface area contributed by atoms with Gasteiger partial charge in [0.25, 0.3) is 0 Å². The molecule has 0 fully saturated rings. The molecule has 0 bridgehead atoms. The third-order valence-corrected chi connectivity index (χ3v) is 2.80. The highest BCUT2D eigenvalue weighted by molar-refractivity contribution is 7.96. The molecule has 2 N–H and O–H groups in total. The minimum atomic E-state index is -0.647. The van der Waals surface area contributed by atoms with Crippen LogP contribution in [-0.2, 0) is 0 Å². The number of aliphatic imine (C=N–C) groups is 1. The normalized spacial score (nSPS) is 28.4. The van der Waals surface area contributed by atoms with Crippen molar-refractivity contribution in [1.82, 2.24) is 4.31 Å². The number of rotatable bonds is 1. The Kier molecular flexibility index (Phi) is 3.16. The molecule has 0 aliphatic carbocycles. The van der Waals surface area contributed by atoms with Crippen LogP contribution in [-0.4, -0.2) is 34.1 Å². The highest BCUT2D eigenvalue weighted by atomic mass is 32.2. The van der Waals surface area contributed by atoms with E-state index in [9.17, 15) is 4.91 Å². The number of hydrogen-bond donors (Lipinski definition) is 1. The lowest BCUT2D eigenvalue weighted by atomic mass is 9.92. The van der Waals surface area contributed by atoms with Crippen molar-refractivity contribution in [2.24, 2.45) is 16.1 Å². The van der Waals surface area contributed by atoms with Crippen LogP contribution in [0.25, 0.3) is 0 Å². The molecule has 5 nitrogen and oxygen atoms in total. The SMILES string of the molecule is CSN1C=NC(C(C)(C)C)[N+](=O)C1N. The molecule has 0 aromatic rings.